The van der Waals surface area contributed by atoms with Gasteiger partial charge in [0.25, 0.3) is 0 Å². The van der Waals surface area contributed by atoms with Gasteiger partial charge in [-0.25, -0.2) is 9.59 Å². The number of carbonyl (C=O) groups excluding carboxylic acids is 3. The molecular formula is C31H45N3O6. The molecule has 4 rings (SSSR count). The Labute approximate surface area is 237 Å². The Morgan fingerprint density at radius 2 is 1.77 bits per heavy atom. The molecule has 2 amide bonds. The Bertz CT molecular complexity index is 1190. The Balaban J connectivity index is 1.50. The lowest BCUT2D eigenvalue weighted by atomic mass is 9.76. The van der Waals surface area contributed by atoms with Crippen LogP contribution in [0, 0.1) is 11.8 Å². The SMILES string of the molecule is CCOCCCOC(=O)c1cc2cc(NC(=O)[C@H]3[C@H](C4CCCCC4)CCN3C(=O)OC(C)(C)C)ccc2n1C. The van der Waals surface area contributed by atoms with Gasteiger partial charge in [0, 0.05) is 49.8 Å². The number of hydrogen-bond donors (Lipinski definition) is 1. The van der Waals surface area contributed by atoms with Crippen LogP contribution in [0.2, 0.25) is 0 Å². The maximum atomic E-state index is 13.8. The number of nitrogens with one attached hydrogen (secondary N) is 1. The van der Waals surface area contributed by atoms with Crippen LogP contribution in [-0.4, -0.2) is 65.4 Å². The van der Waals surface area contributed by atoms with Crippen LogP contribution < -0.4 is 5.32 Å². The lowest BCUT2D eigenvalue weighted by molar-refractivity contribution is -0.122. The van der Waals surface area contributed by atoms with Crippen molar-refractivity contribution in [3.05, 3.63) is 30.0 Å². The second-order valence-corrected chi connectivity index (χ2v) is 12.0. The first-order valence-corrected chi connectivity index (χ1v) is 14.7. The van der Waals surface area contributed by atoms with Crippen molar-refractivity contribution in [3.8, 4) is 0 Å². The molecular weight excluding hydrogens is 510 g/mol. The number of likely N-dealkylation sites (tertiary alicyclic amines) is 1. The zero-order valence-corrected chi connectivity index (χ0v) is 24.7. The molecule has 2 atom stereocenters. The third-order valence-electron chi connectivity index (χ3n) is 7.99. The van der Waals surface area contributed by atoms with Crippen LogP contribution in [0.3, 0.4) is 0 Å². The van der Waals surface area contributed by atoms with Crippen LogP contribution in [0.4, 0.5) is 10.5 Å². The molecule has 0 spiro atoms. The highest BCUT2D eigenvalue weighted by Gasteiger charge is 2.46. The fourth-order valence-electron chi connectivity index (χ4n) is 6.12. The molecule has 2 aromatic rings. The Morgan fingerprint density at radius 1 is 1.02 bits per heavy atom. The topological polar surface area (TPSA) is 99.1 Å². The molecule has 1 aliphatic heterocycles. The average Bonchev–Trinajstić information content (AvgIpc) is 3.50. The summed E-state index contributed by atoms with van der Waals surface area (Å²) in [7, 11) is 1.82. The zero-order chi connectivity index (χ0) is 28.9. The molecule has 40 heavy (non-hydrogen) atoms. The van der Waals surface area contributed by atoms with Crippen molar-refractivity contribution in [1.82, 2.24) is 9.47 Å². The van der Waals surface area contributed by atoms with E-state index in [1.807, 2.05) is 52.9 Å². The van der Waals surface area contributed by atoms with Crippen molar-refractivity contribution in [1.29, 1.82) is 0 Å². The van der Waals surface area contributed by atoms with Crippen molar-refractivity contribution >= 4 is 34.6 Å². The Kier molecular flexibility index (Phi) is 9.77. The average molecular weight is 556 g/mol. The molecule has 1 aliphatic carbocycles. The summed E-state index contributed by atoms with van der Waals surface area (Å²) in [6, 6.07) is 6.78. The van der Waals surface area contributed by atoms with Crippen LogP contribution >= 0.6 is 0 Å². The summed E-state index contributed by atoms with van der Waals surface area (Å²) in [6.45, 7) is 9.45. The highest BCUT2D eigenvalue weighted by atomic mass is 16.6. The standard InChI is InChI=1S/C31H45N3O6/c1-6-38-17-10-18-39-29(36)26-20-22-19-23(13-14-25(22)33(26)5)32-28(35)27-24(21-11-8-7-9-12-21)15-16-34(27)30(37)40-31(2,3)4/h13-14,19-21,24,27H,6-12,15-18H2,1-5H3,(H,32,35)/t24-,27+/m0/s1. The normalized spacial score (nSPS) is 20.1. The van der Waals surface area contributed by atoms with E-state index in [0.717, 1.165) is 30.2 Å². The molecule has 1 saturated heterocycles. The summed E-state index contributed by atoms with van der Waals surface area (Å²) in [5.74, 6) is -0.0498. The number of benzene rings is 1. The minimum absolute atomic E-state index is 0.109. The summed E-state index contributed by atoms with van der Waals surface area (Å²) < 4.78 is 18.2. The van der Waals surface area contributed by atoms with E-state index in [0.29, 0.717) is 50.1 Å². The van der Waals surface area contributed by atoms with Gasteiger partial charge in [-0.3, -0.25) is 9.69 Å². The summed E-state index contributed by atoms with van der Waals surface area (Å²) in [5.41, 5.74) is 1.29. The number of esters is 1. The largest absolute Gasteiger partial charge is 0.461 e. The number of rotatable bonds is 9. The minimum Gasteiger partial charge on any atom is -0.461 e. The summed E-state index contributed by atoms with van der Waals surface area (Å²) in [5, 5.41) is 3.90. The second kappa shape index (κ2) is 13.1. The van der Waals surface area contributed by atoms with Crippen molar-refractivity contribution in [3.63, 3.8) is 0 Å². The van der Waals surface area contributed by atoms with Crippen molar-refractivity contribution in [2.75, 3.05) is 31.7 Å². The number of hydrogen-bond acceptors (Lipinski definition) is 6. The van der Waals surface area contributed by atoms with Crippen molar-refractivity contribution < 1.29 is 28.6 Å². The number of nitrogens with zero attached hydrogens (tertiary/aromatic N) is 2. The maximum Gasteiger partial charge on any atom is 0.410 e. The Hall–Kier alpha value is -3.07. The number of fused-ring (bicyclic) bond motifs is 1. The predicted molar refractivity (Wildman–Crippen MR) is 154 cm³/mol. The molecule has 220 valence electrons. The molecule has 2 aliphatic rings. The number of aromatic nitrogens is 1. The monoisotopic (exact) mass is 555 g/mol. The summed E-state index contributed by atoms with van der Waals surface area (Å²) >= 11 is 0. The van der Waals surface area contributed by atoms with E-state index in [9.17, 15) is 14.4 Å². The summed E-state index contributed by atoms with van der Waals surface area (Å²) in [6.07, 6.45) is 6.77. The first-order chi connectivity index (χ1) is 19.1. The molecule has 1 aromatic carbocycles. The van der Waals surface area contributed by atoms with Gasteiger partial charge < -0.3 is 24.1 Å². The van der Waals surface area contributed by atoms with Gasteiger partial charge in [-0.05, 0) is 70.2 Å². The first kappa shape index (κ1) is 29.9. The zero-order valence-electron chi connectivity index (χ0n) is 24.7. The number of amides is 2. The quantitative estimate of drug-likeness (QED) is 0.305. The Morgan fingerprint density at radius 3 is 2.48 bits per heavy atom. The molecule has 1 aromatic heterocycles. The molecule has 0 radical (unpaired) electrons. The second-order valence-electron chi connectivity index (χ2n) is 12.0. The lowest BCUT2D eigenvalue weighted by Gasteiger charge is -2.34. The third kappa shape index (κ3) is 7.16. The van der Waals surface area contributed by atoms with Crippen LogP contribution in [-0.2, 0) is 26.1 Å². The molecule has 9 heteroatoms. The maximum absolute atomic E-state index is 13.8. The number of carbonyl (C=O) groups is 3. The van der Waals surface area contributed by atoms with Gasteiger partial charge in [-0.15, -0.1) is 0 Å². The highest BCUT2D eigenvalue weighted by molar-refractivity contribution is 6.00. The van der Waals surface area contributed by atoms with Crippen LogP contribution in [0.1, 0.15) is 83.1 Å². The molecule has 1 N–H and O–H groups in total. The highest BCUT2D eigenvalue weighted by Crippen LogP contribution is 2.40. The van der Waals surface area contributed by atoms with Gasteiger partial charge in [-0.1, -0.05) is 32.1 Å². The first-order valence-electron chi connectivity index (χ1n) is 14.7. The van der Waals surface area contributed by atoms with Gasteiger partial charge in [0.1, 0.15) is 17.3 Å². The number of ether oxygens (including phenoxy) is 3. The minimum atomic E-state index is -0.637. The van der Waals surface area contributed by atoms with E-state index in [-0.39, 0.29) is 11.8 Å². The summed E-state index contributed by atoms with van der Waals surface area (Å²) in [4.78, 5) is 41.3. The number of aryl methyl sites for hydroxylation is 1. The van der Waals surface area contributed by atoms with Gasteiger partial charge in [0.05, 0.1) is 6.61 Å². The third-order valence-corrected chi connectivity index (χ3v) is 7.99. The molecule has 9 nitrogen and oxygen atoms in total. The van der Waals surface area contributed by atoms with E-state index < -0.39 is 23.7 Å². The van der Waals surface area contributed by atoms with Gasteiger partial charge in [-0.2, -0.15) is 0 Å². The van der Waals surface area contributed by atoms with E-state index >= 15 is 0 Å². The smallest absolute Gasteiger partial charge is 0.410 e. The molecule has 2 fully saturated rings. The van der Waals surface area contributed by atoms with Crippen LogP contribution in [0.5, 0.6) is 0 Å². The van der Waals surface area contributed by atoms with Gasteiger partial charge in [0.2, 0.25) is 5.91 Å². The molecule has 2 heterocycles. The van der Waals surface area contributed by atoms with E-state index in [2.05, 4.69) is 5.32 Å². The lowest BCUT2D eigenvalue weighted by Crippen LogP contribution is -2.49. The fraction of sp³-hybridized carbons (Fsp3) is 0.645. The fourth-order valence-corrected chi connectivity index (χ4v) is 6.12. The van der Waals surface area contributed by atoms with Gasteiger partial charge >= 0.3 is 12.1 Å². The van der Waals surface area contributed by atoms with E-state index in [1.165, 1.54) is 19.3 Å². The molecule has 0 unspecified atom stereocenters. The molecule has 0 bridgehead atoms. The molecule has 1 saturated carbocycles. The van der Waals surface area contributed by atoms with E-state index in [1.54, 1.807) is 15.5 Å². The van der Waals surface area contributed by atoms with E-state index in [4.69, 9.17) is 14.2 Å². The van der Waals surface area contributed by atoms with Gasteiger partial charge in [0.15, 0.2) is 0 Å². The van der Waals surface area contributed by atoms with Crippen LogP contribution in [0.15, 0.2) is 24.3 Å². The predicted octanol–water partition coefficient (Wildman–Crippen LogP) is 5.91. The number of anilines is 1. The van der Waals surface area contributed by atoms with Crippen molar-refractivity contribution in [2.45, 2.75) is 84.3 Å². The van der Waals surface area contributed by atoms with Crippen LogP contribution in [0.25, 0.3) is 10.9 Å². The van der Waals surface area contributed by atoms with Crippen molar-refractivity contribution in [2.24, 2.45) is 18.9 Å².